The first-order valence-electron chi connectivity index (χ1n) is 7.30. The van der Waals surface area contributed by atoms with Gasteiger partial charge in [-0.15, -0.1) is 0 Å². The van der Waals surface area contributed by atoms with Crippen LogP contribution in [0.5, 0.6) is 0 Å². The van der Waals surface area contributed by atoms with Crippen LogP contribution in [-0.4, -0.2) is 12.6 Å². The Bertz CT molecular complexity index is 542. The van der Waals surface area contributed by atoms with Crippen molar-refractivity contribution in [3.05, 3.63) is 70.7 Å². The molecule has 0 heterocycles. The average Bonchev–Trinajstić information content (AvgIpc) is 2.49. The molecule has 21 heavy (non-hydrogen) atoms. The molecule has 0 fully saturated rings. The predicted molar refractivity (Wildman–Crippen MR) is 88.6 cm³/mol. The molecule has 0 saturated heterocycles. The van der Waals surface area contributed by atoms with Gasteiger partial charge in [0.1, 0.15) is 0 Å². The van der Waals surface area contributed by atoms with E-state index in [2.05, 4.69) is 31.3 Å². The van der Waals surface area contributed by atoms with Gasteiger partial charge in [0.15, 0.2) is 0 Å². The summed E-state index contributed by atoms with van der Waals surface area (Å²) in [7, 11) is 0. The first-order valence-corrected chi connectivity index (χ1v) is 7.68. The zero-order valence-corrected chi connectivity index (χ0v) is 13.3. The highest BCUT2D eigenvalue weighted by Crippen LogP contribution is 2.22. The summed E-state index contributed by atoms with van der Waals surface area (Å²) < 4.78 is 6.10. The van der Waals surface area contributed by atoms with E-state index in [1.54, 1.807) is 0 Å². The minimum atomic E-state index is 0.0184. The Hall–Kier alpha value is -1.35. The van der Waals surface area contributed by atoms with Crippen LogP contribution in [0.1, 0.15) is 31.1 Å². The van der Waals surface area contributed by atoms with Gasteiger partial charge in [-0.1, -0.05) is 74.0 Å². The molecule has 0 aromatic heterocycles. The second-order valence-corrected chi connectivity index (χ2v) is 5.77. The predicted octanol–water partition coefficient (Wildman–Crippen LogP) is 4.60. The maximum Gasteiger partial charge on any atom is 0.0953 e. The second-order valence-electron chi connectivity index (χ2n) is 5.36. The number of hydrogen-bond acceptors (Lipinski definition) is 2. The van der Waals surface area contributed by atoms with Gasteiger partial charge >= 0.3 is 0 Å². The van der Waals surface area contributed by atoms with Gasteiger partial charge in [-0.3, -0.25) is 0 Å². The molecule has 1 N–H and O–H groups in total. The summed E-state index contributed by atoms with van der Waals surface area (Å²) in [5.41, 5.74) is 2.20. The Morgan fingerprint density at radius 2 is 1.67 bits per heavy atom. The highest BCUT2D eigenvalue weighted by Gasteiger charge is 2.13. The summed E-state index contributed by atoms with van der Waals surface area (Å²) in [4.78, 5) is 0. The lowest BCUT2D eigenvalue weighted by Gasteiger charge is -2.21. The van der Waals surface area contributed by atoms with Crippen molar-refractivity contribution in [1.29, 1.82) is 0 Å². The zero-order valence-electron chi connectivity index (χ0n) is 12.6. The van der Waals surface area contributed by atoms with E-state index in [0.29, 0.717) is 12.6 Å². The third-order valence-corrected chi connectivity index (χ3v) is 3.65. The lowest BCUT2D eigenvalue weighted by atomic mass is 10.1. The molecule has 2 rings (SSSR count). The fourth-order valence-corrected chi connectivity index (χ4v) is 2.28. The Morgan fingerprint density at radius 1 is 1.00 bits per heavy atom. The summed E-state index contributed by atoms with van der Waals surface area (Å²) in [6, 6.07) is 18.5. The lowest BCUT2D eigenvalue weighted by Crippen LogP contribution is -2.29. The molecular formula is C18H22ClNO. The van der Waals surface area contributed by atoms with E-state index in [-0.39, 0.29) is 6.10 Å². The molecule has 0 spiro atoms. The van der Waals surface area contributed by atoms with Gasteiger partial charge in [0.2, 0.25) is 0 Å². The standard InChI is InChI=1S/C18H22ClNO/c1-14(2)20-12-18(15-8-4-3-5-9-15)21-13-16-10-6-7-11-17(16)19/h3-11,14,18,20H,12-13H2,1-2H3. The van der Waals surface area contributed by atoms with Crippen LogP contribution in [0.3, 0.4) is 0 Å². The maximum atomic E-state index is 6.19. The molecule has 3 heteroatoms. The number of hydrogen-bond donors (Lipinski definition) is 1. The summed E-state index contributed by atoms with van der Waals surface area (Å²) >= 11 is 6.19. The molecule has 1 unspecified atom stereocenters. The van der Waals surface area contributed by atoms with Crippen molar-refractivity contribution in [2.45, 2.75) is 32.6 Å². The van der Waals surface area contributed by atoms with E-state index in [9.17, 15) is 0 Å². The van der Waals surface area contributed by atoms with Crippen LogP contribution in [-0.2, 0) is 11.3 Å². The lowest BCUT2D eigenvalue weighted by molar-refractivity contribution is 0.0386. The van der Waals surface area contributed by atoms with E-state index in [1.165, 1.54) is 5.56 Å². The third kappa shape index (κ3) is 5.16. The van der Waals surface area contributed by atoms with E-state index in [0.717, 1.165) is 17.1 Å². The zero-order chi connectivity index (χ0) is 15.1. The van der Waals surface area contributed by atoms with E-state index in [1.807, 2.05) is 42.5 Å². The Kier molecular flexibility index (Phi) is 6.24. The van der Waals surface area contributed by atoms with Gasteiger partial charge in [0, 0.05) is 17.6 Å². The smallest absolute Gasteiger partial charge is 0.0953 e. The summed E-state index contributed by atoms with van der Waals surface area (Å²) in [6.07, 6.45) is 0.0184. The van der Waals surface area contributed by atoms with Gasteiger partial charge in [-0.05, 0) is 17.2 Å². The fraction of sp³-hybridized carbons (Fsp3) is 0.333. The highest BCUT2D eigenvalue weighted by molar-refractivity contribution is 6.31. The molecule has 2 aromatic carbocycles. The average molecular weight is 304 g/mol. The molecule has 0 aliphatic heterocycles. The van der Waals surface area contributed by atoms with Crippen molar-refractivity contribution in [3.63, 3.8) is 0 Å². The first-order chi connectivity index (χ1) is 10.2. The van der Waals surface area contributed by atoms with Crippen molar-refractivity contribution in [3.8, 4) is 0 Å². The normalized spacial score (nSPS) is 12.6. The Morgan fingerprint density at radius 3 is 2.33 bits per heavy atom. The second kappa shape index (κ2) is 8.18. The van der Waals surface area contributed by atoms with Crippen LogP contribution in [0.2, 0.25) is 5.02 Å². The first kappa shape index (κ1) is 16.0. The topological polar surface area (TPSA) is 21.3 Å². The van der Waals surface area contributed by atoms with Gasteiger partial charge in [0.25, 0.3) is 0 Å². The van der Waals surface area contributed by atoms with Crippen LogP contribution in [0.15, 0.2) is 54.6 Å². The molecule has 2 aromatic rings. The van der Waals surface area contributed by atoms with Gasteiger partial charge < -0.3 is 10.1 Å². The van der Waals surface area contributed by atoms with Crippen molar-refractivity contribution in [2.24, 2.45) is 0 Å². The molecule has 0 bridgehead atoms. The van der Waals surface area contributed by atoms with Gasteiger partial charge in [0.05, 0.1) is 12.7 Å². The molecule has 0 amide bonds. The number of halogens is 1. The summed E-state index contributed by atoms with van der Waals surface area (Å²) in [5.74, 6) is 0. The molecule has 2 nitrogen and oxygen atoms in total. The van der Waals surface area contributed by atoms with Crippen LogP contribution < -0.4 is 5.32 Å². The molecule has 0 radical (unpaired) electrons. The van der Waals surface area contributed by atoms with Crippen molar-refractivity contribution >= 4 is 11.6 Å². The summed E-state index contributed by atoms with van der Waals surface area (Å²) in [5, 5.41) is 4.19. The van der Waals surface area contributed by atoms with Gasteiger partial charge in [-0.2, -0.15) is 0 Å². The minimum absolute atomic E-state index is 0.0184. The van der Waals surface area contributed by atoms with Crippen LogP contribution in [0.25, 0.3) is 0 Å². The third-order valence-electron chi connectivity index (χ3n) is 3.28. The molecular weight excluding hydrogens is 282 g/mol. The summed E-state index contributed by atoms with van der Waals surface area (Å²) in [6.45, 7) is 5.57. The number of nitrogens with one attached hydrogen (secondary N) is 1. The molecule has 112 valence electrons. The van der Waals surface area contributed by atoms with E-state index in [4.69, 9.17) is 16.3 Å². The van der Waals surface area contributed by atoms with Crippen LogP contribution in [0, 0.1) is 0 Å². The minimum Gasteiger partial charge on any atom is -0.367 e. The highest BCUT2D eigenvalue weighted by atomic mass is 35.5. The number of rotatable bonds is 7. The maximum absolute atomic E-state index is 6.19. The van der Waals surface area contributed by atoms with Crippen molar-refractivity contribution in [2.75, 3.05) is 6.54 Å². The fourth-order valence-electron chi connectivity index (χ4n) is 2.09. The van der Waals surface area contributed by atoms with Crippen LogP contribution in [0.4, 0.5) is 0 Å². The van der Waals surface area contributed by atoms with Crippen molar-refractivity contribution in [1.82, 2.24) is 5.32 Å². The SMILES string of the molecule is CC(C)NCC(OCc1ccccc1Cl)c1ccccc1. The molecule has 0 aliphatic rings. The Balaban J connectivity index is 2.04. The molecule has 1 atom stereocenters. The largest absolute Gasteiger partial charge is 0.367 e. The quantitative estimate of drug-likeness (QED) is 0.807. The van der Waals surface area contributed by atoms with Crippen molar-refractivity contribution < 1.29 is 4.74 Å². The molecule has 0 aliphatic carbocycles. The van der Waals surface area contributed by atoms with Crippen LogP contribution >= 0.6 is 11.6 Å². The Labute approximate surface area is 132 Å². The van der Waals surface area contributed by atoms with E-state index >= 15 is 0 Å². The number of benzene rings is 2. The number of ether oxygens (including phenoxy) is 1. The monoisotopic (exact) mass is 303 g/mol. The van der Waals surface area contributed by atoms with Gasteiger partial charge in [-0.25, -0.2) is 0 Å². The molecule has 0 saturated carbocycles. The van der Waals surface area contributed by atoms with E-state index < -0.39 is 0 Å².